The summed E-state index contributed by atoms with van der Waals surface area (Å²) in [7, 11) is 1.58. The molecule has 0 aliphatic rings. The average Bonchev–Trinajstić information content (AvgIpc) is 2.46. The number of aryl methyl sites for hydroxylation is 2. The van der Waals surface area contributed by atoms with Gasteiger partial charge in [0.2, 0.25) is 0 Å². The van der Waals surface area contributed by atoms with Gasteiger partial charge in [0.1, 0.15) is 5.76 Å². The zero-order chi connectivity index (χ0) is 10.7. The minimum atomic E-state index is -0.211. The number of nitrogens with zero attached hydrogens (tertiary/aromatic N) is 1. The molecule has 2 amide bonds. The molecule has 1 rings (SSSR count). The fourth-order valence-corrected chi connectivity index (χ4v) is 1.45. The van der Waals surface area contributed by atoms with Gasteiger partial charge >= 0.3 is 6.03 Å². The number of carbonyl (C=O) groups excluding carboxylic acids is 1. The van der Waals surface area contributed by atoms with Crippen molar-refractivity contribution in [3.8, 4) is 0 Å². The third-order valence-electron chi connectivity index (χ3n) is 2.10. The number of aromatic nitrogens is 1. The fourth-order valence-electron chi connectivity index (χ4n) is 1.45. The minimum Gasteiger partial charge on any atom is -0.361 e. The first kappa shape index (κ1) is 10.6. The SMILES string of the molecule is CNC(=O)NC(C)c1c(C)noc1C. The van der Waals surface area contributed by atoms with Gasteiger partial charge < -0.3 is 15.2 Å². The van der Waals surface area contributed by atoms with Crippen LogP contribution in [0.2, 0.25) is 0 Å². The number of hydrogen-bond acceptors (Lipinski definition) is 3. The second-order valence-corrected chi connectivity index (χ2v) is 3.18. The molecule has 0 saturated heterocycles. The Bertz CT molecular complexity index is 313. The molecule has 5 nitrogen and oxygen atoms in total. The van der Waals surface area contributed by atoms with Crippen molar-refractivity contribution in [2.45, 2.75) is 26.8 Å². The Labute approximate surface area is 82.8 Å². The van der Waals surface area contributed by atoms with Crippen molar-refractivity contribution in [2.75, 3.05) is 7.05 Å². The molecular weight excluding hydrogens is 182 g/mol. The largest absolute Gasteiger partial charge is 0.361 e. The molecule has 5 heteroatoms. The molecule has 0 bridgehead atoms. The van der Waals surface area contributed by atoms with Gasteiger partial charge in [-0.3, -0.25) is 0 Å². The van der Waals surface area contributed by atoms with E-state index in [0.717, 1.165) is 17.0 Å². The predicted molar refractivity (Wildman–Crippen MR) is 52.0 cm³/mol. The van der Waals surface area contributed by atoms with Crippen LogP contribution in [0.15, 0.2) is 4.52 Å². The molecule has 2 N–H and O–H groups in total. The van der Waals surface area contributed by atoms with E-state index in [-0.39, 0.29) is 12.1 Å². The first-order valence-electron chi connectivity index (χ1n) is 4.47. The van der Waals surface area contributed by atoms with E-state index in [1.54, 1.807) is 7.05 Å². The molecule has 0 aliphatic heterocycles. The molecule has 1 aromatic heterocycles. The van der Waals surface area contributed by atoms with Crippen molar-refractivity contribution in [1.82, 2.24) is 15.8 Å². The summed E-state index contributed by atoms with van der Waals surface area (Å²) in [5, 5.41) is 9.08. The van der Waals surface area contributed by atoms with Gasteiger partial charge in [-0.25, -0.2) is 4.79 Å². The molecule has 14 heavy (non-hydrogen) atoms. The zero-order valence-corrected chi connectivity index (χ0v) is 8.84. The maximum Gasteiger partial charge on any atom is 0.315 e. The van der Waals surface area contributed by atoms with Crippen LogP contribution in [-0.4, -0.2) is 18.2 Å². The quantitative estimate of drug-likeness (QED) is 0.750. The summed E-state index contributed by atoms with van der Waals surface area (Å²) >= 11 is 0. The summed E-state index contributed by atoms with van der Waals surface area (Å²) < 4.78 is 5.01. The van der Waals surface area contributed by atoms with Gasteiger partial charge in [0, 0.05) is 12.6 Å². The normalized spacial score (nSPS) is 12.3. The maximum absolute atomic E-state index is 11.1. The lowest BCUT2D eigenvalue weighted by Gasteiger charge is -2.12. The Kier molecular flexibility index (Phi) is 3.11. The predicted octanol–water partition coefficient (Wildman–Crippen LogP) is 1.28. The number of hydrogen-bond donors (Lipinski definition) is 2. The highest BCUT2D eigenvalue weighted by molar-refractivity contribution is 5.74. The molecule has 78 valence electrons. The first-order valence-corrected chi connectivity index (χ1v) is 4.47. The van der Waals surface area contributed by atoms with E-state index >= 15 is 0 Å². The number of rotatable bonds is 2. The van der Waals surface area contributed by atoms with Crippen molar-refractivity contribution in [3.63, 3.8) is 0 Å². The molecule has 1 atom stereocenters. The number of nitrogens with one attached hydrogen (secondary N) is 2. The fraction of sp³-hybridized carbons (Fsp3) is 0.556. The van der Waals surface area contributed by atoms with Gasteiger partial charge in [-0.05, 0) is 20.8 Å². The lowest BCUT2D eigenvalue weighted by atomic mass is 10.1. The second-order valence-electron chi connectivity index (χ2n) is 3.18. The van der Waals surface area contributed by atoms with Gasteiger partial charge in [0.15, 0.2) is 0 Å². The van der Waals surface area contributed by atoms with Gasteiger partial charge in [-0.15, -0.1) is 0 Å². The summed E-state index contributed by atoms with van der Waals surface area (Å²) in [6.45, 7) is 5.58. The van der Waals surface area contributed by atoms with Crippen LogP contribution in [-0.2, 0) is 0 Å². The number of amides is 2. The Balaban J connectivity index is 2.78. The van der Waals surface area contributed by atoms with Crippen LogP contribution in [0.1, 0.15) is 30.0 Å². The van der Waals surface area contributed by atoms with Crippen molar-refractivity contribution in [2.24, 2.45) is 0 Å². The molecular formula is C9H15N3O2. The molecule has 0 aromatic carbocycles. The molecule has 1 aromatic rings. The van der Waals surface area contributed by atoms with Crippen molar-refractivity contribution < 1.29 is 9.32 Å². The van der Waals surface area contributed by atoms with E-state index in [0.29, 0.717) is 0 Å². The molecule has 0 aliphatic carbocycles. The van der Waals surface area contributed by atoms with E-state index in [1.165, 1.54) is 0 Å². The lowest BCUT2D eigenvalue weighted by molar-refractivity contribution is 0.240. The smallest absolute Gasteiger partial charge is 0.315 e. The lowest BCUT2D eigenvalue weighted by Crippen LogP contribution is -2.34. The number of carbonyl (C=O) groups is 1. The molecule has 1 unspecified atom stereocenters. The monoisotopic (exact) mass is 197 g/mol. The van der Waals surface area contributed by atoms with E-state index in [4.69, 9.17) is 4.52 Å². The first-order chi connectivity index (χ1) is 6.56. The molecule has 0 spiro atoms. The Morgan fingerprint density at radius 2 is 2.14 bits per heavy atom. The van der Waals surface area contributed by atoms with Gasteiger partial charge in [0.05, 0.1) is 11.7 Å². The number of urea groups is 1. The molecule has 0 fully saturated rings. The van der Waals surface area contributed by atoms with Crippen molar-refractivity contribution in [3.05, 3.63) is 17.0 Å². The molecule has 1 heterocycles. The van der Waals surface area contributed by atoms with E-state index in [9.17, 15) is 4.79 Å². The highest BCUT2D eigenvalue weighted by Crippen LogP contribution is 2.20. The van der Waals surface area contributed by atoms with E-state index in [2.05, 4.69) is 15.8 Å². The van der Waals surface area contributed by atoms with Crippen LogP contribution < -0.4 is 10.6 Å². The maximum atomic E-state index is 11.1. The van der Waals surface area contributed by atoms with Crippen LogP contribution in [0, 0.1) is 13.8 Å². The van der Waals surface area contributed by atoms with Crippen LogP contribution in [0.3, 0.4) is 0 Å². The Hall–Kier alpha value is -1.52. The van der Waals surface area contributed by atoms with Crippen LogP contribution >= 0.6 is 0 Å². The standard InChI is InChI=1S/C9H15N3O2/c1-5(11-9(13)10-4)8-6(2)12-14-7(8)3/h5H,1-4H3,(H2,10,11,13). The van der Waals surface area contributed by atoms with Gasteiger partial charge in [-0.2, -0.15) is 0 Å². The third kappa shape index (κ3) is 2.04. The molecule has 0 saturated carbocycles. The summed E-state index contributed by atoms with van der Waals surface area (Å²) in [5.41, 5.74) is 1.75. The van der Waals surface area contributed by atoms with E-state index < -0.39 is 0 Å². The summed E-state index contributed by atoms with van der Waals surface area (Å²) in [6, 6.07) is -0.307. The zero-order valence-electron chi connectivity index (χ0n) is 8.84. The second kappa shape index (κ2) is 4.13. The van der Waals surface area contributed by atoms with Crippen LogP contribution in [0.4, 0.5) is 4.79 Å². The van der Waals surface area contributed by atoms with Crippen molar-refractivity contribution >= 4 is 6.03 Å². The Morgan fingerprint density at radius 1 is 1.50 bits per heavy atom. The highest BCUT2D eigenvalue weighted by Gasteiger charge is 2.17. The van der Waals surface area contributed by atoms with Crippen LogP contribution in [0.25, 0.3) is 0 Å². The summed E-state index contributed by atoms with van der Waals surface area (Å²) in [5.74, 6) is 0.742. The van der Waals surface area contributed by atoms with Gasteiger partial charge in [-0.1, -0.05) is 5.16 Å². The van der Waals surface area contributed by atoms with Gasteiger partial charge in [0.25, 0.3) is 0 Å². The summed E-state index contributed by atoms with van der Waals surface area (Å²) in [6.07, 6.45) is 0. The third-order valence-corrected chi connectivity index (χ3v) is 2.10. The molecule has 0 radical (unpaired) electrons. The Morgan fingerprint density at radius 3 is 2.57 bits per heavy atom. The van der Waals surface area contributed by atoms with Crippen molar-refractivity contribution in [1.29, 1.82) is 0 Å². The topological polar surface area (TPSA) is 67.2 Å². The van der Waals surface area contributed by atoms with Crippen LogP contribution in [0.5, 0.6) is 0 Å². The minimum absolute atomic E-state index is 0.0961. The summed E-state index contributed by atoms with van der Waals surface area (Å²) in [4.78, 5) is 11.1. The van der Waals surface area contributed by atoms with E-state index in [1.807, 2.05) is 20.8 Å². The highest BCUT2D eigenvalue weighted by atomic mass is 16.5. The average molecular weight is 197 g/mol.